The van der Waals surface area contributed by atoms with E-state index in [9.17, 15) is 8.78 Å². The summed E-state index contributed by atoms with van der Waals surface area (Å²) in [5, 5.41) is 3.25. The molecule has 3 atom stereocenters. The van der Waals surface area contributed by atoms with Crippen molar-refractivity contribution in [3.05, 3.63) is 0 Å². The van der Waals surface area contributed by atoms with Crippen LogP contribution >= 0.6 is 0 Å². The van der Waals surface area contributed by atoms with Crippen molar-refractivity contribution in [1.82, 2.24) is 10.2 Å². The van der Waals surface area contributed by atoms with Crippen LogP contribution in [0, 0.1) is 5.92 Å². The van der Waals surface area contributed by atoms with Crippen LogP contribution in [0.4, 0.5) is 8.78 Å². The van der Waals surface area contributed by atoms with Crippen LogP contribution in [0.2, 0.25) is 0 Å². The van der Waals surface area contributed by atoms with Gasteiger partial charge in [0.05, 0.1) is 12.7 Å². The molecule has 106 valence electrons. The van der Waals surface area contributed by atoms with E-state index in [0.717, 1.165) is 26.1 Å². The van der Waals surface area contributed by atoms with E-state index in [1.807, 2.05) is 7.05 Å². The van der Waals surface area contributed by atoms with Gasteiger partial charge in [0.25, 0.3) is 0 Å². The van der Waals surface area contributed by atoms with E-state index in [2.05, 4.69) is 17.3 Å². The molecular weight excluding hydrogens is 238 g/mol. The van der Waals surface area contributed by atoms with Gasteiger partial charge in [-0.2, -0.15) is 0 Å². The summed E-state index contributed by atoms with van der Waals surface area (Å²) >= 11 is 0. The zero-order valence-corrected chi connectivity index (χ0v) is 11.3. The fourth-order valence-corrected chi connectivity index (χ4v) is 3.11. The quantitative estimate of drug-likeness (QED) is 0.835. The number of morpholine rings is 1. The molecule has 2 fully saturated rings. The van der Waals surface area contributed by atoms with Gasteiger partial charge in [0.15, 0.2) is 0 Å². The molecule has 0 spiro atoms. The molecule has 0 aromatic rings. The van der Waals surface area contributed by atoms with Crippen molar-refractivity contribution in [1.29, 1.82) is 0 Å². The summed E-state index contributed by atoms with van der Waals surface area (Å²) < 4.78 is 32.2. The Morgan fingerprint density at radius 1 is 1.50 bits per heavy atom. The first-order valence-electron chi connectivity index (χ1n) is 6.85. The maximum absolute atomic E-state index is 13.2. The van der Waals surface area contributed by atoms with E-state index in [-0.39, 0.29) is 30.9 Å². The molecular formula is C13H24F2N2O. The third kappa shape index (κ3) is 3.62. The number of ether oxygens (including phenoxy) is 1. The summed E-state index contributed by atoms with van der Waals surface area (Å²) in [5.74, 6) is -2.30. The zero-order valence-electron chi connectivity index (χ0n) is 11.3. The van der Waals surface area contributed by atoms with Crippen molar-refractivity contribution >= 4 is 0 Å². The Labute approximate surface area is 108 Å². The van der Waals surface area contributed by atoms with Gasteiger partial charge in [-0.1, -0.05) is 0 Å². The maximum Gasteiger partial charge on any atom is 0.248 e. The normalized spacial score (nSPS) is 34.7. The largest absolute Gasteiger partial charge is 0.374 e. The second kappa shape index (κ2) is 5.80. The van der Waals surface area contributed by atoms with Crippen LogP contribution in [0.1, 0.15) is 25.7 Å². The van der Waals surface area contributed by atoms with Crippen LogP contribution in [0.15, 0.2) is 0 Å². The minimum Gasteiger partial charge on any atom is -0.374 e. The molecule has 2 rings (SSSR count). The van der Waals surface area contributed by atoms with E-state index in [0.29, 0.717) is 6.42 Å². The lowest BCUT2D eigenvalue weighted by atomic mass is 9.94. The van der Waals surface area contributed by atoms with Gasteiger partial charge in [-0.05, 0) is 32.9 Å². The summed E-state index contributed by atoms with van der Waals surface area (Å²) in [5.41, 5.74) is 0. The van der Waals surface area contributed by atoms with Gasteiger partial charge in [-0.3, -0.25) is 0 Å². The third-order valence-electron chi connectivity index (χ3n) is 4.21. The Morgan fingerprint density at radius 3 is 2.83 bits per heavy atom. The molecule has 18 heavy (non-hydrogen) atoms. The molecule has 0 amide bonds. The van der Waals surface area contributed by atoms with Crippen LogP contribution in [-0.2, 0) is 4.74 Å². The molecule has 3 unspecified atom stereocenters. The molecule has 0 aromatic heterocycles. The minimum absolute atomic E-state index is 0.0493. The van der Waals surface area contributed by atoms with Crippen molar-refractivity contribution < 1.29 is 13.5 Å². The average molecular weight is 262 g/mol. The molecule has 3 nitrogen and oxygen atoms in total. The fourth-order valence-electron chi connectivity index (χ4n) is 3.11. The lowest BCUT2D eigenvalue weighted by molar-refractivity contribution is -0.0427. The molecule has 0 bridgehead atoms. The van der Waals surface area contributed by atoms with Gasteiger partial charge in [0.1, 0.15) is 0 Å². The van der Waals surface area contributed by atoms with Crippen LogP contribution in [-0.4, -0.2) is 56.8 Å². The maximum atomic E-state index is 13.2. The van der Waals surface area contributed by atoms with Crippen molar-refractivity contribution in [2.45, 2.75) is 43.8 Å². The highest BCUT2D eigenvalue weighted by Gasteiger charge is 2.41. The second-order valence-corrected chi connectivity index (χ2v) is 5.77. The average Bonchev–Trinajstić information content (AvgIpc) is 2.65. The van der Waals surface area contributed by atoms with Crippen molar-refractivity contribution in [2.24, 2.45) is 5.92 Å². The van der Waals surface area contributed by atoms with Gasteiger partial charge in [-0.25, -0.2) is 8.78 Å². The van der Waals surface area contributed by atoms with E-state index in [1.165, 1.54) is 0 Å². The number of nitrogens with zero attached hydrogens (tertiary/aromatic N) is 1. The molecule has 1 heterocycles. The first kappa shape index (κ1) is 14.2. The summed E-state index contributed by atoms with van der Waals surface area (Å²) in [6.07, 6.45) is 1.67. The van der Waals surface area contributed by atoms with Gasteiger partial charge in [0, 0.05) is 32.0 Å². The highest BCUT2D eigenvalue weighted by Crippen LogP contribution is 2.41. The molecule has 1 saturated heterocycles. The van der Waals surface area contributed by atoms with E-state index >= 15 is 0 Å². The fraction of sp³-hybridized carbons (Fsp3) is 1.00. The standard InChI is InChI=1S/C13H24F2N2O/c1-16-11(12-9-17(2)5-6-18-12)7-10-3-4-13(14,15)8-10/h10-12,16H,3-9H2,1-2H3. The zero-order chi connectivity index (χ0) is 13.2. The number of likely N-dealkylation sites (N-methyl/N-ethyl adjacent to an activating group) is 2. The molecule has 5 heteroatoms. The van der Waals surface area contributed by atoms with Crippen LogP contribution in [0.25, 0.3) is 0 Å². The predicted octanol–water partition coefficient (Wildman–Crippen LogP) is 1.73. The number of alkyl halides is 2. The Bertz CT molecular complexity index is 276. The van der Waals surface area contributed by atoms with Gasteiger partial charge in [0.2, 0.25) is 5.92 Å². The molecule has 2 aliphatic rings. The number of nitrogens with one attached hydrogen (secondary N) is 1. The number of hydrogen-bond donors (Lipinski definition) is 1. The summed E-state index contributed by atoms with van der Waals surface area (Å²) in [6.45, 7) is 2.57. The Morgan fingerprint density at radius 2 is 2.28 bits per heavy atom. The first-order chi connectivity index (χ1) is 8.50. The monoisotopic (exact) mass is 262 g/mol. The molecule has 1 saturated carbocycles. The van der Waals surface area contributed by atoms with Crippen molar-refractivity contribution in [3.63, 3.8) is 0 Å². The third-order valence-corrected chi connectivity index (χ3v) is 4.21. The second-order valence-electron chi connectivity index (χ2n) is 5.77. The van der Waals surface area contributed by atoms with Crippen molar-refractivity contribution in [2.75, 3.05) is 33.8 Å². The SMILES string of the molecule is CNC(CC1CCC(F)(F)C1)C1CN(C)CCO1. The van der Waals surface area contributed by atoms with Crippen LogP contribution in [0.5, 0.6) is 0 Å². The molecule has 1 aliphatic carbocycles. The summed E-state index contributed by atoms with van der Waals surface area (Å²) in [7, 11) is 3.97. The predicted molar refractivity (Wildman–Crippen MR) is 67.0 cm³/mol. The smallest absolute Gasteiger partial charge is 0.248 e. The van der Waals surface area contributed by atoms with Crippen molar-refractivity contribution in [3.8, 4) is 0 Å². The molecule has 0 radical (unpaired) electrons. The van der Waals surface area contributed by atoms with Crippen LogP contribution < -0.4 is 5.32 Å². The molecule has 1 N–H and O–H groups in total. The lowest BCUT2D eigenvalue weighted by Gasteiger charge is -2.36. The van der Waals surface area contributed by atoms with Gasteiger partial charge < -0.3 is 15.0 Å². The van der Waals surface area contributed by atoms with E-state index < -0.39 is 5.92 Å². The number of hydrogen-bond acceptors (Lipinski definition) is 3. The summed E-state index contributed by atoms with van der Waals surface area (Å²) in [4.78, 5) is 2.24. The highest BCUT2D eigenvalue weighted by atomic mass is 19.3. The minimum atomic E-state index is -2.44. The Kier molecular flexibility index (Phi) is 4.56. The Hall–Kier alpha value is -0.260. The first-order valence-corrected chi connectivity index (χ1v) is 6.85. The van der Waals surface area contributed by atoms with E-state index in [1.54, 1.807) is 0 Å². The van der Waals surface area contributed by atoms with Crippen LogP contribution in [0.3, 0.4) is 0 Å². The summed E-state index contributed by atoms with van der Waals surface area (Å²) in [6, 6.07) is 0.187. The van der Waals surface area contributed by atoms with Gasteiger partial charge >= 0.3 is 0 Å². The molecule has 1 aliphatic heterocycles. The Balaban J connectivity index is 1.85. The van der Waals surface area contributed by atoms with Gasteiger partial charge in [-0.15, -0.1) is 0 Å². The van der Waals surface area contributed by atoms with E-state index in [4.69, 9.17) is 4.74 Å². The number of rotatable bonds is 4. The molecule has 0 aromatic carbocycles. The lowest BCUT2D eigenvalue weighted by Crippen LogP contribution is -2.50. The topological polar surface area (TPSA) is 24.5 Å². The number of halogens is 2. The highest BCUT2D eigenvalue weighted by molar-refractivity contribution is 4.88.